The van der Waals surface area contributed by atoms with E-state index >= 15 is 0 Å². The van der Waals surface area contributed by atoms with Crippen molar-refractivity contribution >= 4 is 16.3 Å². The van der Waals surface area contributed by atoms with E-state index in [1.54, 1.807) is 28.2 Å². The monoisotopic (exact) mass is 274 g/mol. The van der Waals surface area contributed by atoms with Crippen molar-refractivity contribution in [3.05, 3.63) is 35.2 Å². The molecule has 0 radical (unpaired) electrons. The van der Waals surface area contributed by atoms with Crippen LogP contribution in [0.3, 0.4) is 0 Å². The average Bonchev–Trinajstić information content (AvgIpc) is 2.96. The van der Waals surface area contributed by atoms with E-state index < -0.39 is 0 Å². The van der Waals surface area contributed by atoms with Gasteiger partial charge in [-0.05, 0) is 18.6 Å². The molecule has 0 saturated carbocycles. The first kappa shape index (κ1) is 12.3. The molecule has 3 heterocycles. The quantitative estimate of drug-likeness (QED) is 0.793. The van der Waals surface area contributed by atoms with Crippen molar-refractivity contribution < 1.29 is 5.11 Å². The van der Waals surface area contributed by atoms with E-state index in [2.05, 4.69) is 22.0 Å². The van der Waals surface area contributed by atoms with Crippen LogP contribution in [-0.2, 0) is 13.0 Å². The van der Waals surface area contributed by atoms with Gasteiger partial charge < -0.3 is 5.11 Å². The standard InChI is InChI=1S/C13H14N4OS/c1-2-3-11-16-17-10(8-18)12(15-13(17)19-11)9-4-6-14-7-5-9/h4-7,18H,2-3,8H2,1H3. The highest BCUT2D eigenvalue weighted by molar-refractivity contribution is 7.16. The smallest absolute Gasteiger partial charge is 0.213 e. The number of hydrogen-bond donors (Lipinski definition) is 1. The fourth-order valence-corrected chi connectivity index (χ4v) is 3.04. The number of hydrogen-bond acceptors (Lipinski definition) is 5. The van der Waals surface area contributed by atoms with Crippen LogP contribution in [0.15, 0.2) is 24.5 Å². The van der Waals surface area contributed by atoms with Crippen molar-refractivity contribution in [1.82, 2.24) is 19.6 Å². The van der Waals surface area contributed by atoms with Crippen LogP contribution in [0.5, 0.6) is 0 Å². The van der Waals surface area contributed by atoms with Gasteiger partial charge in [0.05, 0.1) is 18.0 Å². The van der Waals surface area contributed by atoms with Crippen molar-refractivity contribution in [2.45, 2.75) is 26.4 Å². The molecule has 0 bridgehead atoms. The topological polar surface area (TPSA) is 63.3 Å². The van der Waals surface area contributed by atoms with Crippen LogP contribution in [0.1, 0.15) is 24.0 Å². The first-order chi connectivity index (χ1) is 9.33. The van der Waals surface area contributed by atoms with Gasteiger partial charge in [0.25, 0.3) is 0 Å². The summed E-state index contributed by atoms with van der Waals surface area (Å²) in [6.45, 7) is 2.05. The molecule has 98 valence electrons. The van der Waals surface area contributed by atoms with Gasteiger partial charge in [-0.2, -0.15) is 5.10 Å². The second-order valence-electron chi connectivity index (χ2n) is 4.24. The number of pyridine rings is 1. The summed E-state index contributed by atoms with van der Waals surface area (Å²) in [6, 6.07) is 3.77. The van der Waals surface area contributed by atoms with Crippen LogP contribution < -0.4 is 0 Å². The Bertz CT molecular complexity index is 689. The maximum Gasteiger partial charge on any atom is 0.213 e. The zero-order valence-corrected chi connectivity index (χ0v) is 11.4. The van der Waals surface area contributed by atoms with Crippen molar-refractivity contribution in [2.75, 3.05) is 0 Å². The van der Waals surface area contributed by atoms with Gasteiger partial charge in [-0.3, -0.25) is 4.98 Å². The number of fused-ring (bicyclic) bond motifs is 1. The molecule has 1 N–H and O–H groups in total. The minimum atomic E-state index is -0.0753. The summed E-state index contributed by atoms with van der Waals surface area (Å²) in [4.78, 5) is 9.42. The van der Waals surface area contributed by atoms with Crippen molar-refractivity contribution in [1.29, 1.82) is 0 Å². The Hall–Kier alpha value is -1.79. The van der Waals surface area contributed by atoms with Gasteiger partial charge in [-0.25, -0.2) is 9.50 Å². The molecule has 0 fully saturated rings. The number of rotatable bonds is 4. The molecular formula is C13H14N4OS. The molecule has 0 spiro atoms. The number of aryl methyl sites for hydroxylation is 1. The molecule has 3 aromatic rings. The van der Waals surface area contributed by atoms with E-state index in [4.69, 9.17) is 0 Å². The SMILES string of the molecule is CCCc1nn2c(CO)c(-c3ccncc3)nc2s1. The maximum atomic E-state index is 9.59. The number of aromatic nitrogens is 4. The Labute approximate surface area is 114 Å². The lowest BCUT2D eigenvalue weighted by Gasteiger charge is -1.99. The second kappa shape index (κ2) is 5.07. The average molecular weight is 274 g/mol. The molecule has 19 heavy (non-hydrogen) atoms. The molecule has 0 aliphatic heterocycles. The van der Waals surface area contributed by atoms with E-state index in [9.17, 15) is 5.11 Å². The van der Waals surface area contributed by atoms with E-state index in [-0.39, 0.29) is 6.61 Å². The molecule has 0 aliphatic carbocycles. The molecule has 0 aliphatic rings. The minimum Gasteiger partial charge on any atom is -0.390 e. The lowest BCUT2D eigenvalue weighted by molar-refractivity contribution is 0.275. The largest absolute Gasteiger partial charge is 0.390 e. The fourth-order valence-electron chi connectivity index (χ4n) is 2.03. The Balaban J connectivity index is 2.13. The molecule has 3 aromatic heterocycles. The molecule has 0 aromatic carbocycles. The summed E-state index contributed by atoms with van der Waals surface area (Å²) in [5.74, 6) is 0. The van der Waals surface area contributed by atoms with Gasteiger partial charge in [0.15, 0.2) is 0 Å². The minimum absolute atomic E-state index is 0.0753. The second-order valence-corrected chi connectivity index (χ2v) is 5.28. The number of aliphatic hydroxyl groups is 1. The zero-order chi connectivity index (χ0) is 13.2. The Morgan fingerprint density at radius 3 is 2.79 bits per heavy atom. The molecule has 0 saturated heterocycles. The predicted molar refractivity (Wildman–Crippen MR) is 74.0 cm³/mol. The van der Waals surface area contributed by atoms with E-state index in [1.807, 2.05) is 12.1 Å². The Kier molecular flexibility index (Phi) is 3.27. The number of nitrogens with zero attached hydrogens (tertiary/aromatic N) is 4. The number of imidazole rings is 1. The zero-order valence-electron chi connectivity index (χ0n) is 10.6. The molecule has 6 heteroatoms. The van der Waals surface area contributed by atoms with Gasteiger partial charge in [0.1, 0.15) is 5.01 Å². The van der Waals surface area contributed by atoms with Gasteiger partial charge in [-0.1, -0.05) is 18.3 Å². The molecular weight excluding hydrogens is 260 g/mol. The summed E-state index contributed by atoms with van der Waals surface area (Å²) in [6.07, 6.45) is 5.45. The van der Waals surface area contributed by atoms with Crippen LogP contribution in [0.2, 0.25) is 0 Å². The highest BCUT2D eigenvalue weighted by Crippen LogP contribution is 2.26. The summed E-state index contributed by atoms with van der Waals surface area (Å²) in [5.41, 5.74) is 2.47. The third kappa shape index (κ3) is 2.13. The first-order valence-electron chi connectivity index (χ1n) is 6.22. The molecule has 3 rings (SSSR count). The van der Waals surface area contributed by atoms with Crippen LogP contribution in [-0.4, -0.2) is 24.7 Å². The lowest BCUT2D eigenvalue weighted by atomic mass is 10.1. The third-order valence-electron chi connectivity index (χ3n) is 2.91. The molecule has 0 atom stereocenters. The van der Waals surface area contributed by atoms with Gasteiger partial charge >= 0.3 is 0 Å². The highest BCUT2D eigenvalue weighted by Gasteiger charge is 2.16. The lowest BCUT2D eigenvalue weighted by Crippen LogP contribution is -1.96. The van der Waals surface area contributed by atoms with Crippen LogP contribution in [0.25, 0.3) is 16.2 Å². The highest BCUT2D eigenvalue weighted by atomic mass is 32.1. The maximum absolute atomic E-state index is 9.59. The van der Waals surface area contributed by atoms with Crippen molar-refractivity contribution in [2.24, 2.45) is 0 Å². The normalized spacial score (nSPS) is 11.3. The van der Waals surface area contributed by atoms with Crippen LogP contribution in [0.4, 0.5) is 0 Å². The van der Waals surface area contributed by atoms with Crippen LogP contribution in [0, 0.1) is 0 Å². The van der Waals surface area contributed by atoms with Gasteiger partial charge in [-0.15, -0.1) is 0 Å². The molecule has 0 amide bonds. The van der Waals surface area contributed by atoms with E-state index in [0.29, 0.717) is 0 Å². The van der Waals surface area contributed by atoms with Gasteiger partial charge in [0, 0.05) is 24.4 Å². The first-order valence-corrected chi connectivity index (χ1v) is 7.03. The van der Waals surface area contributed by atoms with Crippen molar-refractivity contribution in [3.63, 3.8) is 0 Å². The molecule has 0 unspecified atom stereocenters. The summed E-state index contributed by atoms with van der Waals surface area (Å²) >= 11 is 1.58. The van der Waals surface area contributed by atoms with E-state index in [1.165, 1.54) is 0 Å². The summed E-state index contributed by atoms with van der Waals surface area (Å²) < 4.78 is 1.76. The summed E-state index contributed by atoms with van der Waals surface area (Å²) in [7, 11) is 0. The third-order valence-corrected chi connectivity index (χ3v) is 3.87. The van der Waals surface area contributed by atoms with E-state index in [0.717, 1.165) is 39.8 Å². The molecule has 5 nitrogen and oxygen atoms in total. The fraction of sp³-hybridized carbons (Fsp3) is 0.308. The van der Waals surface area contributed by atoms with Crippen LogP contribution >= 0.6 is 11.3 Å². The Morgan fingerprint density at radius 1 is 1.32 bits per heavy atom. The number of aliphatic hydroxyl groups excluding tert-OH is 1. The Morgan fingerprint density at radius 2 is 2.11 bits per heavy atom. The predicted octanol–water partition coefficient (Wildman–Crippen LogP) is 2.30. The van der Waals surface area contributed by atoms with Gasteiger partial charge in [0.2, 0.25) is 4.96 Å². The summed E-state index contributed by atoms with van der Waals surface area (Å²) in [5, 5.41) is 15.2. The van der Waals surface area contributed by atoms with Crippen molar-refractivity contribution in [3.8, 4) is 11.3 Å².